The molecule has 3 aliphatic rings. The van der Waals surface area contributed by atoms with Crippen molar-refractivity contribution in [2.45, 2.75) is 63.7 Å². The van der Waals surface area contributed by atoms with Gasteiger partial charge < -0.3 is 14.8 Å². The summed E-state index contributed by atoms with van der Waals surface area (Å²) in [6.07, 6.45) is 2.35. The number of carbonyl (C=O) groups is 2. The van der Waals surface area contributed by atoms with Crippen molar-refractivity contribution >= 4 is 22.7 Å². The van der Waals surface area contributed by atoms with E-state index in [1.54, 1.807) is 0 Å². The average Bonchev–Trinajstić information content (AvgIpc) is 3.37. The molecule has 2 atom stereocenters. The number of nitrogens with one attached hydrogen (secondary N) is 1. The Morgan fingerprint density at radius 2 is 1.59 bits per heavy atom. The van der Waals surface area contributed by atoms with Crippen LogP contribution in [0.4, 0.5) is 0 Å². The Morgan fingerprint density at radius 3 is 2.32 bits per heavy atom. The Hall–Kier alpha value is -3.90. The van der Waals surface area contributed by atoms with E-state index in [1.165, 1.54) is 16.7 Å². The van der Waals surface area contributed by atoms with Gasteiger partial charge in [0, 0.05) is 48.7 Å². The van der Waals surface area contributed by atoms with Crippen molar-refractivity contribution in [1.29, 1.82) is 0 Å². The molecule has 3 aliphatic heterocycles. The van der Waals surface area contributed by atoms with Crippen LogP contribution in [0.3, 0.4) is 0 Å². The molecule has 0 spiro atoms. The van der Waals surface area contributed by atoms with E-state index < -0.39 is 6.04 Å². The highest BCUT2D eigenvalue weighted by molar-refractivity contribution is 5.97. The number of H-pyrrole nitrogens is 1. The van der Waals surface area contributed by atoms with Crippen LogP contribution < -0.4 is 0 Å². The smallest absolute Gasteiger partial charge is 0.246 e. The molecule has 1 aromatic heterocycles. The fourth-order valence-corrected chi connectivity index (χ4v) is 7.24. The topological polar surface area (TPSA) is 59.7 Å². The van der Waals surface area contributed by atoms with E-state index in [0.29, 0.717) is 12.3 Å². The minimum Gasteiger partial charge on any atom is -0.356 e. The predicted octanol–water partition coefficient (Wildman–Crippen LogP) is 5.64. The number of nitrogens with zero attached hydrogens (tertiary/aromatic N) is 3. The highest BCUT2D eigenvalue weighted by atomic mass is 16.2. The maximum atomic E-state index is 14.3. The van der Waals surface area contributed by atoms with Crippen molar-refractivity contribution in [3.63, 3.8) is 0 Å². The van der Waals surface area contributed by atoms with E-state index in [9.17, 15) is 9.59 Å². The highest BCUT2D eigenvalue weighted by Gasteiger charge is 2.49. The van der Waals surface area contributed by atoms with E-state index in [2.05, 4.69) is 90.5 Å². The third-order valence-electron chi connectivity index (χ3n) is 9.46. The number of hydrogen-bond donors (Lipinski definition) is 1. The molecule has 2 unspecified atom stereocenters. The van der Waals surface area contributed by atoms with Crippen LogP contribution in [-0.4, -0.2) is 63.2 Å². The summed E-state index contributed by atoms with van der Waals surface area (Å²) in [6.45, 7) is 7.34. The fraction of sp³-hybridized carbons (Fsp3) is 0.371. The third-order valence-corrected chi connectivity index (χ3v) is 9.46. The van der Waals surface area contributed by atoms with Crippen LogP contribution in [-0.2, 0) is 22.6 Å². The molecule has 4 heterocycles. The monoisotopic (exact) mass is 546 g/mol. The number of aromatic nitrogens is 1. The molecule has 2 amide bonds. The van der Waals surface area contributed by atoms with Gasteiger partial charge in [-0.15, -0.1) is 0 Å². The summed E-state index contributed by atoms with van der Waals surface area (Å²) in [5, 5.41) is 1.15. The second-order valence-corrected chi connectivity index (χ2v) is 12.3. The maximum absolute atomic E-state index is 14.3. The first-order valence-electron chi connectivity index (χ1n) is 15.0. The van der Waals surface area contributed by atoms with Crippen LogP contribution in [0, 0.1) is 0 Å². The molecule has 41 heavy (non-hydrogen) atoms. The summed E-state index contributed by atoms with van der Waals surface area (Å²) in [5.41, 5.74) is 6.90. The molecule has 0 aliphatic carbocycles. The quantitative estimate of drug-likeness (QED) is 0.352. The molecule has 3 aromatic carbocycles. The van der Waals surface area contributed by atoms with E-state index in [1.807, 2.05) is 21.9 Å². The Morgan fingerprint density at radius 1 is 0.878 bits per heavy atom. The zero-order valence-electron chi connectivity index (χ0n) is 23.9. The number of amides is 2. The number of fused-ring (bicyclic) bond motifs is 4. The lowest BCUT2D eigenvalue weighted by atomic mass is 9.85. The van der Waals surface area contributed by atoms with Crippen molar-refractivity contribution in [1.82, 2.24) is 19.7 Å². The molecule has 7 rings (SSSR count). The van der Waals surface area contributed by atoms with Gasteiger partial charge in [0.2, 0.25) is 11.8 Å². The van der Waals surface area contributed by atoms with E-state index in [4.69, 9.17) is 0 Å². The number of hydrogen-bond acceptors (Lipinski definition) is 3. The van der Waals surface area contributed by atoms with Gasteiger partial charge in [-0.3, -0.25) is 14.5 Å². The number of rotatable bonds is 5. The van der Waals surface area contributed by atoms with Crippen molar-refractivity contribution in [3.05, 3.63) is 107 Å². The third kappa shape index (κ3) is 4.64. The van der Waals surface area contributed by atoms with E-state index >= 15 is 0 Å². The normalized spacial score (nSPS) is 21.9. The Bertz CT molecular complexity index is 1570. The number of piperazine rings is 1. The largest absolute Gasteiger partial charge is 0.356 e. The summed E-state index contributed by atoms with van der Waals surface area (Å²) in [7, 11) is 0. The number of benzene rings is 3. The number of likely N-dealkylation sites (tertiary alicyclic amines) is 1. The van der Waals surface area contributed by atoms with Crippen LogP contribution in [0.25, 0.3) is 10.9 Å². The van der Waals surface area contributed by atoms with Gasteiger partial charge in [0.15, 0.2) is 0 Å². The zero-order valence-corrected chi connectivity index (χ0v) is 23.9. The second kappa shape index (κ2) is 10.5. The first-order chi connectivity index (χ1) is 20.0. The molecule has 4 aromatic rings. The molecule has 1 N–H and O–H groups in total. The Kier molecular flexibility index (Phi) is 6.66. The van der Waals surface area contributed by atoms with Gasteiger partial charge in [-0.25, -0.2) is 0 Å². The van der Waals surface area contributed by atoms with Crippen molar-refractivity contribution < 1.29 is 9.59 Å². The minimum absolute atomic E-state index is 0.0450. The first kappa shape index (κ1) is 26.0. The summed E-state index contributed by atoms with van der Waals surface area (Å²) in [5.74, 6) is 0.576. The number of piperidine rings is 1. The Balaban J connectivity index is 1.18. The maximum Gasteiger partial charge on any atom is 0.246 e. The van der Waals surface area contributed by atoms with Gasteiger partial charge in [-0.05, 0) is 47.1 Å². The lowest BCUT2D eigenvalue weighted by Gasteiger charge is -2.49. The minimum atomic E-state index is -0.486. The van der Waals surface area contributed by atoms with Crippen LogP contribution >= 0.6 is 0 Å². The van der Waals surface area contributed by atoms with Crippen LogP contribution in [0.5, 0.6) is 0 Å². The SMILES string of the molecule is CC(C)c1ccc(C2c3[nH]c4ccccc4c3CC3C(=O)N(C4CCN(Cc5ccccc5)CC4)CC(=O)N32)cc1. The van der Waals surface area contributed by atoms with Gasteiger partial charge in [0.1, 0.15) is 12.6 Å². The first-order valence-corrected chi connectivity index (χ1v) is 15.0. The predicted molar refractivity (Wildman–Crippen MR) is 161 cm³/mol. The molecule has 0 bridgehead atoms. The van der Waals surface area contributed by atoms with Gasteiger partial charge >= 0.3 is 0 Å². The number of aromatic amines is 1. The van der Waals surface area contributed by atoms with E-state index in [0.717, 1.165) is 54.6 Å². The molecule has 2 fully saturated rings. The van der Waals surface area contributed by atoms with Gasteiger partial charge in [0.05, 0.1) is 6.04 Å². The molecule has 210 valence electrons. The fourth-order valence-electron chi connectivity index (χ4n) is 7.24. The molecule has 6 heteroatoms. The molecule has 0 saturated carbocycles. The molecule has 0 radical (unpaired) electrons. The van der Waals surface area contributed by atoms with Crippen LogP contribution in [0.15, 0.2) is 78.9 Å². The second-order valence-electron chi connectivity index (χ2n) is 12.3. The lowest BCUT2D eigenvalue weighted by Crippen LogP contribution is -2.65. The molecular formula is C35H38N4O2. The van der Waals surface area contributed by atoms with Gasteiger partial charge in [-0.1, -0.05) is 86.6 Å². The number of para-hydroxylation sites is 1. The van der Waals surface area contributed by atoms with Gasteiger partial charge in [0.25, 0.3) is 0 Å². The van der Waals surface area contributed by atoms with Crippen molar-refractivity contribution in [3.8, 4) is 0 Å². The summed E-state index contributed by atoms with van der Waals surface area (Å²) in [6, 6.07) is 26.8. The highest BCUT2D eigenvalue weighted by Crippen LogP contribution is 2.43. The standard InChI is InChI=1S/C35H38N4O2/c1-23(2)25-12-14-26(15-13-25)34-33-29(28-10-6-7-11-30(28)36-33)20-31-35(41)38(22-32(40)39(31)34)27-16-18-37(19-17-27)21-24-8-4-3-5-9-24/h3-15,23,27,31,34,36H,16-22H2,1-2H3. The van der Waals surface area contributed by atoms with Crippen LogP contribution in [0.1, 0.15) is 66.6 Å². The molecular weight excluding hydrogens is 508 g/mol. The van der Waals surface area contributed by atoms with E-state index in [-0.39, 0.29) is 30.4 Å². The summed E-state index contributed by atoms with van der Waals surface area (Å²) < 4.78 is 0. The van der Waals surface area contributed by atoms with Gasteiger partial charge in [-0.2, -0.15) is 0 Å². The summed E-state index contributed by atoms with van der Waals surface area (Å²) in [4.78, 5) is 38.2. The lowest BCUT2D eigenvalue weighted by molar-refractivity contribution is -0.161. The molecule has 6 nitrogen and oxygen atoms in total. The van der Waals surface area contributed by atoms with Crippen molar-refractivity contribution in [2.24, 2.45) is 0 Å². The van der Waals surface area contributed by atoms with Crippen molar-refractivity contribution in [2.75, 3.05) is 19.6 Å². The number of carbonyl (C=O) groups excluding carboxylic acids is 2. The van der Waals surface area contributed by atoms with Crippen LogP contribution in [0.2, 0.25) is 0 Å². The summed E-state index contributed by atoms with van der Waals surface area (Å²) >= 11 is 0. The average molecular weight is 547 g/mol. The zero-order chi connectivity index (χ0) is 28.1. The Labute approximate surface area is 241 Å². The molecule has 2 saturated heterocycles.